The Balaban J connectivity index is 2.65. The molecule has 0 aliphatic heterocycles. The highest BCUT2D eigenvalue weighted by atomic mass is 127. The lowest BCUT2D eigenvalue weighted by molar-refractivity contribution is -0.200. The second kappa shape index (κ2) is 4.82. The van der Waals surface area contributed by atoms with Crippen LogP contribution >= 0.6 is 22.6 Å². The number of benzene rings is 1. The van der Waals surface area contributed by atoms with Crippen LogP contribution in [-0.4, -0.2) is 12.1 Å². The van der Waals surface area contributed by atoms with Gasteiger partial charge in [-0.05, 0) is 22.6 Å². The fraction of sp³-hybridized carbons (Fsp3) is 0.222. The number of carbonyl (C=O) groups is 1. The molecule has 0 fully saturated rings. The largest absolute Gasteiger partial charge is 0.490 e. The predicted molar refractivity (Wildman–Crippen MR) is 55.4 cm³/mol. The number of carbonyl (C=O) groups excluding carboxylic acids is 1. The summed E-state index contributed by atoms with van der Waals surface area (Å²) in [4.78, 5) is 10.5. The Morgan fingerprint density at radius 3 is 2.27 bits per heavy atom. The van der Waals surface area contributed by atoms with Gasteiger partial charge in [-0.3, -0.25) is 0 Å². The number of halogens is 4. The molecule has 0 amide bonds. The van der Waals surface area contributed by atoms with Crippen LogP contribution in [0.1, 0.15) is 9.67 Å². The molecule has 0 N–H and O–H groups in total. The SMILES string of the molecule is O=C(OC(I)c1ccccc1)C(F)(F)F. The summed E-state index contributed by atoms with van der Waals surface area (Å²) in [6.07, 6.45) is -4.95. The van der Waals surface area contributed by atoms with Gasteiger partial charge in [-0.15, -0.1) is 0 Å². The van der Waals surface area contributed by atoms with Crippen molar-refractivity contribution in [1.29, 1.82) is 0 Å². The normalized spacial score (nSPS) is 13.3. The van der Waals surface area contributed by atoms with E-state index in [1.165, 1.54) is 0 Å². The maximum Gasteiger partial charge on any atom is 0.490 e. The van der Waals surface area contributed by atoms with E-state index < -0.39 is 16.3 Å². The highest BCUT2D eigenvalue weighted by Crippen LogP contribution is 2.28. The van der Waals surface area contributed by atoms with E-state index in [2.05, 4.69) is 4.74 Å². The number of hydrogen-bond acceptors (Lipinski definition) is 2. The molecule has 0 saturated carbocycles. The van der Waals surface area contributed by atoms with Gasteiger partial charge in [0.2, 0.25) is 0 Å². The van der Waals surface area contributed by atoms with Gasteiger partial charge in [0.15, 0.2) is 4.11 Å². The summed E-state index contributed by atoms with van der Waals surface area (Å²) in [5, 5.41) is 0. The summed E-state index contributed by atoms with van der Waals surface area (Å²) in [5.74, 6) is -2.18. The minimum Gasteiger partial charge on any atom is -0.440 e. The van der Waals surface area contributed by atoms with Crippen LogP contribution in [0.5, 0.6) is 0 Å². The number of esters is 1. The summed E-state index contributed by atoms with van der Waals surface area (Å²) in [5.41, 5.74) is 0.510. The molecule has 2 nitrogen and oxygen atoms in total. The van der Waals surface area contributed by atoms with Gasteiger partial charge >= 0.3 is 12.1 Å². The molecule has 0 aliphatic carbocycles. The van der Waals surface area contributed by atoms with Gasteiger partial charge in [-0.1, -0.05) is 30.3 Å². The summed E-state index contributed by atoms with van der Waals surface area (Å²) >= 11 is 1.62. The lowest BCUT2D eigenvalue weighted by Gasteiger charge is -2.12. The maximum absolute atomic E-state index is 11.8. The maximum atomic E-state index is 11.8. The lowest BCUT2D eigenvalue weighted by atomic mass is 10.2. The van der Waals surface area contributed by atoms with Gasteiger partial charge in [0.1, 0.15) is 0 Å². The third-order valence-electron chi connectivity index (χ3n) is 1.50. The van der Waals surface area contributed by atoms with Crippen molar-refractivity contribution >= 4 is 28.6 Å². The van der Waals surface area contributed by atoms with Crippen LogP contribution in [0.4, 0.5) is 13.2 Å². The fourth-order valence-electron chi connectivity index (χ4n) is 0.833. The summed E-state index contributed by atoms with van der Waals surface area (Å²) in [6.45, 7) is 0. The first-order valence-corrected chi connectivity index (χ1v) is 5.12. The second-order valence-electron chi connectivity index (χ2n) is 2.63. The van der Waals surface area contributed by atoms with Crippen molar-refractivity contribution in [2.45, 2.75) is 10.3 Å². The summed E-state index contributed by atoms with van der Waals surface area (Å²) in [6, 6.07) is 8.20. The van der Waals surface area contributed by atoms with E-state index in [4.69, 9.17) is 0 Å². The highest BCUT2D eigenvalue weighted by molar-refractivity contribution is 14.1. The molecule has 0 spiro atoms. The zero-order valence-electron chi connectivity index (χ0n) is 7.29. The smallest absolute Gasteiger partial charge is 0.440 e. The zero-order chi connectivity index (χ0) is 11.5. The van der Waals surface area contributed by atoms with Gasteiger partial charge < -0.3 is 4.74 Å². The molecular formula is C9H6F3IO2. The number of rotatable bonds is 2. The van der Waals surface area contributed by atoms with Gasteiger partial charge in [-0.2, -0.15) is 13.2 Å². The fourth-order valence-corrected chi connectivity index (χ4v) is 1.48. The molecule has 0 radical (unpaired) electrons. The molecule has 1 rings (SSSR count). The Bertz CT molecular complexity index is 337. The Morgan fingerprint density at radius 2 is 1.80 bits per heavy atom. The van der Waals surface area contributed by atoms with Crippen molar-refractivity contribution in [2.24, 2.45) is 0 Å². The third-order valence-corrected chi connectivity index (χ3v) is 2.48. The Morgan fingerprint density at radius 1 is 1.27 bits per heavy atom. The van der Waals surface area contributed by atoms with Crippen molar-refractivity contribution in [3.8, 4) is 0 Å². The van der Waals surface area contributed by atoms with Crippen LogP contribution in [0.25, 0.3) is 0 Å². The molecule has 0 aliphatic rings. The van der Waals surface area contributed by atoms with Crippen LogP contribution in [-0.2, 0) is 9.53 Å². The molecule has 15 heavy (non-hydrogen) atoms. The quantitative estimate of drug-likeness (QED) is 0.473. The van der Waals surface area contributed by atoms with E-state index in [1.54, 1.807) is 52.9 Å². The molecule has 1 unspecified atom stereocenters. The minimum absolute atomic E-state index is 0.510. The third kappa shape index (κ3) is 3.69. The number of ether oxygens (including phenoxy) is 1. The number of hydrogen-bond donors (Lipinski definition) is 0. The van der Waals surface area contributed by atoms with E-state index in [0.29, 0.717) is 5.56 Å². The summed E-state index contributed by atoms with van der Waals surface area (Å²) < 4.78 is 38.8. The minimum atomic E-state index is -4.95. The van der Waals surface area contributed by atoms with Crippen LogP contribution < -0.4 is 0 Å². The standard InChI is InChI=1S/C9H6F3IO2/c10-9(11,12)8(14)15-7(13)6-4-2-1-3-5-6/h1-5,7H. The molecule has 1 aromatic carbocycles. The van der Waals surface area contributed by atoms with E-state index in [0.717, 1.165) is 0 Å². The van der Waals surface area contributed by atoms with Crippen molar-refractivity contribution in [2.75, 3.05) is 0 Å². The van der Waals surface area contributed by atoms with Crippen LogP contribution in [0.2, 0.25) is 0 Å². The lowest BCUT2D eigenvalue weighted by Crippen LogP contribution is -2.25. The molecule has 0 bridgehead atoms. The summed E-state index contributed by atoms with van der Waals surface area (Å²) in [7, 11) is 0. The zero-order valence-corrected chi connectivity index (χ0v) is 9.45. The average Bonchev–Trinajstić information content (AvgIpc) is 2.17. The molecule has 6 heteroatoms. The van der Waals surface area contributed by atoms with E-state index in [1.807, 2.05) is 0 Å². The first-order chi connectivity index (χ1) is 6.91. The molecular weight excluding hydrogens is 324 g/mol. The van der Waals surface area contributed by atoms with Gasteiger partial charge in [-0.25, -0.2) is 4.79 Å². The van der Waals surface area contributed by atoms with Gasteiger partial charge in [0.05, 0.1) is 0 Å². The van der Waals surface area contributed by atoms with E-state index in [-0.39, 0.29) is 0 Å². The van der Waals surface area contributed by atoms with Crippen LogP contribution in [0.15, 0.2) is 30.3 Å². The van der Waals surface area contributed by atoms with Crippen molar-refractivity contribution < 1.29 is 22.7 Å². The van der Waals surface area contributed by atoms with Gasteiger partial charge in [0.25, 0.3) is 0 Å². The average molecular weight is 330 g/mol. The van der Waals surface area contributed by atoms with E-state index >= 15 is 0 Å². The molecule has 1 aromatic rings. The molecule has 82 valence electrons. The first-order valence-electron chi connectivity index (χ1n) is 3.88. The van der Waals surface area contributed by atoms with E-state index in [9.17, 15) is 18.0 Å². The Hall–Kier alpha value is -0.790. The van der Waals surface area contributed by atoms with Crippen molar-refractivity contribution in [3.63, 3.8) is 0 Å². The molecule has 0 heterocycles. The van der Waals surface area contributed by atoms with Crippen molar-refractivity contribution in [3.05, 3.63) is 35.9 Å². The number of alkyl halides is 4. The predicted octanol–water partition coefficient (Wildman–Crippen LogP) is 3.23. The molecule has 0 aromatic heterocycles. The van der Waals surface area contributed by atoms with Crippen LogP contribution in [0, 0.1) is 0 Å². The molecule has 1 atom stereocenters. The molecule has 0 saturated heterocycles. The topological polar surface area (TPSA) is 26.3 Å². The highest BCUT2D eigenvalue weighted by Gasteiger charge is 2.42. The second-order valence-corrected chi connectivity index (χ2v) is 3.76. The first kappa shape index (κ1) is 12.3. The Kier molecular flexibility index (Phi) is 3.95. The van der Waals surface area contributed by atoms with Crippen LogP contribution in [0.3, 0.4) is 0 Å². The Labute approximate surface area is 97.6 Å². The monoisotopic (exact) mass is 330 g/mol. The van der Waals surface area contributed by atoms with Crippen molar-refractivity contribution in [1.82, 2.24) is 0 Å². The van der Waals surface area contributed by atoms with Gasteiger partial charge in [0, 0.05) is 5.56 Å².